The van der Waals surface area contributed by atoms with Crippen molar-refractivity contribution in [2.45, 2.75) is 32.7 Å². The summed E-state index contributed by atoms with van der Waals surface area (Å²) in [4.78, 5) is 29.9. The Labute approximate surface area is 156 Å². The molecule has 0 bridgehead atoms. The largest absolute Gasteiger partial charge is 0.480 e. The van der Waals surface area contributed by atoms with Gasteiger partial charge in [-0.25, -0.2) is 9.59 Å². The number of anilines is 1. The number of aromatic nitrogens is 1. The van der Waals surface area contributed by atoms with E-state index < -0.39 is 17.6 Å². The van der Waals surface area contributed by atoms with E-state index in [4.69, 9.17) is 4.42 Å². The lowest BCUT2D eigenvalue weighted by Gasteiger charge is -2.22. The molecule has 2 aromatic heterocycles. The van der Waals surface area contributed by atoms with Crippen LogP contribution in [-0.4, -0.2) is 28.6 Å². The Kier molecular flexibility index (Phi) is 4.18. The molecule has 0 saturated carbocycles. The van der Waals surface area contributed by atoms with E-state index in [0.29, 0.717) is 18.8 Å². The van der Waals surface area contributed by atoms with Crippen LogP contribution >= 0.6 is 0 Å². The fourth-order valence-electron chi connectivity index (χ4n) is 3.94. The Morgan fingerprint density at radius 2 is 1.96 bits per heavy atom. The SMILES string of the molecule is Cc1cccc(C)c1-c1cc(=O)oc2nc(N3CCC[C@@H]3C(=O)O)ccc12. The molecular formula is C21H20N2O4. The van der Waals surface area contributed by atoms with Gasteiger partial charge in [-0.05, 0) is 55.5 Å². The van der Waals surface area contributed by atoms with Crippen molar-refractivity contribution in [3.63, 3.8) is 0 Å². The summed E-state index contributed by atoms with van der Waals surface area (Å²) in [5, 5.41) is 10.2. The molecule has 4 rings (SSSR count). The number of fused-ring (bicyclic) bond motifs is 1. The molecule has 1 N–H and O–H groups in total. The summed E-state index contributed by atoms with van der Waals surface area (Å²) >= 11 is 0. The van der Waals surface area contributed by atoms with Crippen molar-refractivity contribution in [1.82, 2.24) is 4.98 Å². The average Bonchev–Trinajstić information content (AvgIpc) is 3.11. The smallest absolute Gasteiger partial charge is 0.338 e. The minimum atomic E-state index is -0.861. The molecule has 1 aromatic carbocycles. The summed E-state index contributed by atoms with van der Waals surface area (Å²) in [6.45, 7) is 4.63. The summed E-state index contributed by atoms with van der Waals surface area (Å²) in [6.07, 6.45) is 1.38. The molecule has 3 heterocycles. The highest BCUT2D eigenvalue weighted by Crippen LogP contribution is 2.33. The first kappa shape index (κ1) is 17.3. The zero-order valence-corrected chi connectivity index (χ0v) is 15.2. The molecule has 27 heavy (non-hydrogen) atoms. The summed E-state index contributed by atoms with van der Waals surface area (Å²) in [5.74, 6) is -0.339. The first-order chi connectivity index (χ1) is 13.0. The topological polar surface area (TPSA) is 83.6 Å². The fraction of sp³-hybridized carbons (Fsp3) is 0.286. The predicted octanol–water partition coefficient (Wildman–Crippen LogP) is 3.53. The number of carboxylic acid groups (broad SMARTS) is 1. The van der Waals surface area contributed by atoms with Gasteiger partial charge in [-0.2, -0.15) is 4.98 Å². The molecule has 6 nitrogen and oxygen atoms in total. The second-order valence-electron chi connectivity index (χ2n) is 6.96. The minimum absolute atomic E-state index is 0.230. The van der Waals surface area contributed by atoms with Crippen molar-refractivity contribution in [3.05, 3.63) is 57.9 Å². The first-order valence-corrected chi connectivity index (χ1v) is 8.96. The molecule has 0 aliphatic carbocycles. The molecule has 0 amide bonds. The van der Waals surface area contributed by atoms with Crippen LogP contribution in [0.15, 0.2) is 45.6 Å². The molecule has 1 aliphatic heterocycles. The first-order valence-electron chi connectivity index (χ1n) is 8.96. The third-order valence-corrected chi connectivity index (χ3v) is 5.18. The van der Waals surface area contributed by atoms with E-state index in [1.165, 1.54) is 6.07 Å². The Morgan fingerprint density at radius 3 is 2.67 bits per heavy atom. The molecule has 3 aromatic rings. The molecule has 1 saturated heterocycles. The molecular weight excluding hydrogens is 344 g/mol. The van der Waals surface area contributed by atoms with Crippen LogP contribution in [0.5, 0.6) is 0 Å². The van der Waals surface area contributed by atoms with Gasteiger partial charge in [0.05, 0.1) is 0 Å². The maximum absolute atomic E-state index is 12.2. The van der Waals surface area contributed by atoms with Gasteiger partial charge in [-0.3, -0.25) is 0 Å². The van der Waals surface area contributed by atoms with Crippen LogP contribution in [0.4, 0.5) is 5.82 Å². The zero-order valence-electron chi connectivity index (χ0n) is 15.2. The van der Waals surface area contributed by atoms with Crippen LogP contribution in [-0.2, 0) is 4.79 Å². The number of aryl methyl sites for hydroxylation is 2. The van der Waals surface area contributed by atoms with Crippen LogP contribution < -0.4 is 10.5 Å². The van der Waals surface area contributed by atoms with E-state index >= 15 is 0 Å². The summed E-state index contributed by atoms with van der Waals surface area (Å²) < 4.78 is 5.36. The fourth-order valence-corrected chi connectivity index (χ4v) is 3.94. The molecule has 0 radical (unpaired) electrons. The molecule has 1 fully saturated rings. The summed E-state index contributed by atoms with van der Waals surface area (Å²) in [7, 11) is 0. The molecule has 1 aliphatic rings. The predicted molar refractivity (Wildman–Crippen MR) is 103 cm³/mol. The molecule has 6 heteroatoms. The molecule has 0 unspecified atom stereocenters. The standard InChI is InChI=1S/C21H20N2O4/c1-12-5-3-6-13(2)19(12)15-11-18(24)27-20-14(15)8-9-17(22-20)23-10-4-7-16(23)21(25)26/h3,5-6,8-9,11,16H,4,7,10H2,1-2H3,(H,25,26)/t16-/m1/s1. The highest BCUT2D eigenvalue weighted by molar-refractivity contribution is 5.94. The van der Waals surface area contributed by atoms with E-state index in [-0.39, 0.29) is 5.71 Å². The van der Waals surface area contributed by atoms with Crippen molar-refractivity contribution in [3.8, 4) is 11.1 Å². The van der Waals surface area contributed by atoms with Gasteiger partial charge in [-0.15, -0.1) is 0 Å². The average molecular weight is 364 g/mol. The highest BCUT2D eigenvalue weighted by atomic mass is 16.4. The van der Waals surface area contributed by atoms with Gasteiger partial charge in [-0.1, -0.05) is 18.2 Å². The van der Waals surface area contributed by atoms with Gasteiger partial charge in [0.2, 0.25) is 5.71 Å². The Bertz CT molecular complexity index is 1080. The minimum Gasteiger partial charge on any atom is -0.480 e. The van der Waals surface area contributed by atoms with Gasteiger partial charge in [0.25, 0.3) is 0 Å². The lowest BCUT2D eigenvalue weighted by atomic mass is 9.94. The van der Waals surface area contributed by atoms with Crippen molar-refractivity contribution in [1.29, 1.82) is 0 Å². The van der Waals surface area contributed by atoms with Crippen LogP contribution in [0, 0.1) is 13.8 Å². The van der Waals surface area contributed by atoms with E-state index in [1.807, 2.05) is 38.1 Å². The van der Waals surface area contributed by atoms with E-state index in [1.54, 1.807) is 11.0 Å². The number of benzene rings is 1. The van der Waals surface area contributed by atoms with Gasteiger partial charge in [0, 0.05) is 23.6 Å². The van der Waals surface area contributed by atoms with Crippen LogP contribution in [0.25, 0.3) is 22.2 Å². The van der Waals surface area contributed by atoms with Crippen molar-refractivity contribution < 1.29 is 14.3 Å². The third kappa shape index (κ3) is 2.97. The second-order valence-corrected chi connectivity index (χ2v) is 6.96. The number of nitrogens with zero attached hydrogens (tertiary/aromatic N) is 2. The van der Waals surface area contributed by atoms with Crippen LogP contribution in [0.3, 0.4) is 0 Å². The maximum Gasteiger partial charge on any atom is 0.338 e. The quantitative estimate of drug-likeness (QED) is 0.765. The van der Waals surface area contributed by atoms with Crippen LogP contribution in [0.1, 0.15) is 24.0 Å². The Balaban J connectivity index is 1.90. The highest BCUT2D eigenvalue weighted by Gasteiger charge is 2.31. The van der Waals surface area contributed by atoms with E-state index in [2.05, 4.69) is 4.98 Å². The van der Waals surface area contributed by atoms with Gasteiger partial charge in [0.1, 0.15) is 11.9 Å². The number of hydrogen-bond acceptors (Lipinski definition) is 5. The number of aliphatic carboxylic acids is 1. The van der Waals surface area contributed by atoms with Crippen molar-refractivity contribution >= 4 is 22.9 Å². The molecule has 1 atom stereocenters. The Morgan fingerprint density at radius 1 is 1.22 bits per heavy atom. The van der Waals surface area contributed by atoms with Gasteiger partial charge in [0.15, 0.2) is 0 Å². The normalized spacial score (nSPS) is 16.8. The number of carbonyl (C=O) groups is 1. The van der Waals surface area contributed by atoms with Crippen molar-refractivity contribution in [2.24, 2.45) is 0 Å². The van der Waals surface area contributed by atoms with Crippen LogP contribution in [0.2, 0.25) is 0 Å². The molecule has 138 valence electrons. The lowest BCUT2D eigenvalue weighted by Crippen LogP contribution is -2.36. The molecule has 0 spiro atoms. The zero-order chi connectivity index (χ0) is 19.1. The maximum atomic E-state index is 12.2. The number of hydrogen-bond donors (Lipinski definition) is 1. The number of rotatable bonds is 3. The lowest BCUT2D eigenvalue weighted by molar-refractivity contribution is -0.138. The van der Waals surface area contributed by atoms with E-state index in [0.717, 1.165) is 34.1 Å². The third-order valence-electron chi connectivity index (χ3n) is 5.18. The Hall–Kier alpha value is -3.15. The van der Waals surface area contributed by atoms with Gasteiger partial charge < -0.3 is 14.4 Å². The summed E-state index contributed by atoms with van der Waals surface area (Å²) in [5.41, 5.74) is 3.67. The van der Waals surface area contributed by atoms with Crippen molar-refractivity contribution in [2.75, 3.05) is 11.4 Å². The second kappa shape index (κ2) is 6.54. The van der Waals surface area contributed by atoms with E-state index in [9.17, 15) is 14.7 Å². The van der Waals surface area contributed by atoms with Gasteiger partial charge >= 0.3 is 11.6 Å². The monoisotopic (exact) mass is 364 g/mol. The number of pyridine rings is 1. The number of carboxylic acids is 1. The summed E-state index contributed by atoms with van der Waals surface area (Å²) in [6, 6.07) is 10.6.